The highest BCUT2D eigenvalue weighted by atomic mass is 32.2. The van der Waals surface area contributed by atoms with Gasteiger partial charge in [0, 0.05) is 5.69 Å². The Morgan fingerprint density at radius 1 is 1.04 bits per heavy atom. The maximum Gasteiger partial charge on any atom is 0.242 e. The number of benzene rings is 2. The van der Waals surface area contributed by atoms with Gasteiger partial charge in [-0.1, -0.05) is 31.5 Å². The summed E-state index contributed by atoms with van der Waals surface area (Å²) >= 11 is 0. The predicted octanol–water partition coefficient (Wildman–Crippen LogP) is 3.34. The highest BCUT2D eigenvalue weighted by Gasteiger charge is 2.28. The van der Waals surface area contributed by atoms with Gasteiger partial charge in [0.25, 0.3) is 0 Å². The van der Waals surface area contributed by atoms with Crippen molar-refractivity contribution in [2.75, 3.05) is 11.9 Å². The Bertz CT molecular complexity index is 860. The van der Waals surface area contributed by atoms with Crippen LogP contribution in [0.3, 0.4) is 0 Å². The number of hydrogen-bond acceptors (Lipinski definition) is 4. The summed E-state index contributed by atoms with van der Waals surface area (Å²) in [4.78, 5) is 12.8. The number of ether oxygens (including phenoxy) is 1. The minimum atomic E-state index is -3.80. The molecule has 0 aromatic heterocycles. The lowest BCUT2D eigenvalue weighted by Crippen LogP contribution is -2.47. The molecule has 0 fully saturated rings. The summed E-state index contributed by atoms with van der Waals surface area (Å²) in [5, 5.41) is 2.75. The van der Waals surface area contributed by atoms with Crippen LogP contribution in [0.25, 0.3) is 0 Å². The fraction of sp³-hybridized carbons (Fsp3) is 0.350. The van der Waals surface area contributed by atoms with Crippen LogP contribution in [0.2, 0.25) is 0 Å². The summed E-state index contributed by atoms with van der Waals surface area (Å²) in [6.07, 6.45) is 0. The topological polar surface area (TPSA) is 84.5 Å². The van der Waals surface area contributed by atoms with Crippen molar-refractivity contribution in [3.63, 3.8) is 0 Å². The fourth-order valence-corrected chi connectivity index (χ4v) is 3.81. The molecule has 0 aliphatic carbocycles. The Morgan fingerprint density at radius 2 is 1.63 bits per heavy atom. The van der Waals surface area contributed by atoms with Gasteiger partial charge < -0.3 is 10.1 Å². The average Bonchev–Trinajstić information content (AvgIpc) is 2.61. The van der Waals surface area contributed by atoms with Crippen molar-refractivity contribution in [1.82, 2.24) is 4.72 Å². The third-order valence-corrected chi connectivity index (χ3v) is 5.45. The first-order valence-electron chi connectivity index (χ1n) is 8.85. The fourth-order valence-electron chi connectivity index (χ4n) is 2.47. The molecule has 0 aliphatic rings. The standard InChI is InChI=1S/C20H26N2O4S/c1-5-26-17-10-8-16(9-11-17)21-20(23)19(14(2)3)22-27(24,25)18-12-6-15(4)7-13-18/h6-14,19,22H,5H2,1-4H3,(H,21,23). The molecule has 2 aromatic carbocycles. The van der Waals surface area contributed by atoms with Gasteiger partial charge in [-0.15, -0.1) is 0 Å². The number of carbonyl (C=O) groups excluding carboxylic acids is 1. The maximum atomic E-state index is 12.7. The molecule has 1 atom stereocenters. The van der Waals surface area contributed by atoms with E-state index >= 15 is 0 Å². The second-order valence-electron chi connectivity index (χ2n) is 6.60. The van der Waals surface area contributed by atoms with Gasteiger partial charge in [0.1, 0.15) is 11.8 Å². The molecule has 27 heavy (non-hydrogen) atoms. The molecule has 0 radical (unpaired) electrons. The van der Waals surface area contributed by atoms with E-state index in [2.05, 4.69) is 10.0 Å². The predicted molar refractivity (Wildman–Crippen MR) is 106 cm³/mol. The third-order valence-electron chi connectivity index (χ3n) is 4.00. The van der Waals surface area contributed by atoms with E-state index < -0.39 is 22.0 Å². The lowest BCUT2D eigenvalue weighted by atomic mass is 10.0. The molecule has 1 amide bonds. The smallest absolute Gasteiger partial charge is 0.242 e. The van der Waals surface area contributed by atoms with Gasteiger partial charge in [-0.25, -0.2) is 8.42 Å². The first kappa shape index (κ1) is 20.9. The zero-order chi connectivity index (χ0) is 20.0. The third kappa shape index (κ3) is 5.80. The van der Waals surface area contributed by atoms with Crippen LogP contribution in [-0.2, 0) is 14.8 Å². The van der Waals surface area contributed by atoms with Gasteiger partial charge in [-0.3, -0.25) is 4.79 Å². The van der Waals surface area contributed by atoms with E-state index in [1.165, 1.54) is 12.1 Å². The normalized spacial score (nSPS) is 12.6. The molecule has 0 aliphatic heterocycles. The molecule has 2 aromatic rings. The van der Waals surface area contributed by atoms with Crippen molar-refractivity contribution in [1.29, 1.82) is 0 Å². The Hall–Kier alpha value is -2.38. The van der Waals surface area contributed by atoms with Crippen molar-refractivity contribution in [3.8, 4) is 5.75 Å². The molecule has 1 unspecified atom stereocenters. The van der Waals surface area contributed by atoms with Crippen molar-refractivity contribution in [2.24, 2.45) is 5.92 Å². The molecule has 2 rings (SSSR count). The van der Waals surface area contributed by atoms with Crippen LogP contribution in [0.15, 0.2) is 53.4 Å². The van der Waals surface area contributed by atoms with E-state index in [4.69, 9.17) is 4.74 Å². The van der Waals surface area contributed by atoms with Crippen LogP contribution in [0.4, 0.5) is 5.69 Å². The number of rotatable bonds is 8. The monoisotopic (exact) mass is 390 g/mol. The van der Waals surface area contributed by atoms with Crippen LogP contribution in [0.1, 0.15) is 26.3 Å². The van der Waals surface area contributed by atoms with Crippen molar-refractivity contribution in [3.05, 3.63) is 54.1 Å². The molecule has 0 heterocycles. The number of sulfonamides is 1. The van der Waals surface area contributed by atoms with Crippen molar-refractivity contribution in [2.45, 2.75) is 38.6 Å². The van der Waals surface area contributed by atoms with Crippen LogP contribution in [0, 0.1) is 12.8 Å². The van der Waals surface area contributed by atoms with E-state index in [1.54, 1.807) is 50.2 Å². The molecular weight excluding hydrogens is 364 g/mol. The molecule has 0 saturated heterocycles. The van der Waals surface area contributed by atoms with E-state index in [-0.39, 0.29) is 10.8 Å². The molecular formula is C20H26N2O4S. The number of amides is 1. The molecule has 2 N–H and O–H groups in total. The maximum absolute atomic E-state index is 12.7. The molecule has 0 spiro atoms. The zero-order valence-corrected chi connectivity index (χ0v) is 16.8. The molecule has 0 saturated carbocycles. The second kappa shape index (κ2) is 9.01. The Labute approximate surface area is 161 Å². The highest BCUT2D eigenvalue weighted by Crippen LogP contribution is 2.18. The van der Waals surface area contributed by atoms with Crippen LogP contribution in [-0.4, -0.2) is 27.0 Å². The number of aryl methyl sites for hydroxylation is 1. The Kier molecular flexibility index (Phi) is 6.98. The minimum absolute atomic E-state index is 0.132. The lowest BCUT2D eigenvalue weighted by molar-refractivity contribution is -0.118. The molecule has 0 bridgehead atoms. The summed E-state index contributed by atoms with van der Waals surface area (Å²) < 4.78 is 33.1. The number of nitrogens with one attached hydrogen (secondary N) is 2. The van der Waals surface area contributed by atoms with Gasteiger partial charge in [0.15, 0.2) is 0 Å². The van der Waals surface area contributed by atoms with Crippen LogP contribution < -0.4 is 14.8 Å². The Balaban J connectivity index is 2.13. The SMILES string of the molecule is CCOc1ccc(NC(=O)C(NS(=O)(=O)c2ccc(C)cc2)C(C)C)cc1. The molecule has 6 nitrogen and oxygen atoms in total. The lowest BCUT2D eigenvalue weighted by Gasteiger charge is -2.22. The van der Waals surface area contributed by atoms with E-state index in [9.17, 15) is 13.2 Å². The van der Waals surface area contributed by atoms with E-state index in [1.807, 2.05) is 13.8 Å². The van der Waals surface area contributed by atoms with Crippen molar-refractivity contribution < 1.29 is 17.9 Å². The summed E-state index contributed by atoms with van der Waals surface area (Å²) in [5.41, 5.74) is 1.53. The zero-order valence-electron chi connectivity index (χ0n) is 16.0. The van der Waals surface area contributed by atoms with Gasteiger partial charge in [-0.2, -0.15) is 4.72 Å². The highest BCUT2D eigenvalue weighted by molar-refractivity contribution is 7.89. The van der Waals surface area contributed by atoms with E-state index in [0.29, 0.717) is 18.0 Å². The summed E-state index contributed by atoms with van der Waals surface area (Å²) in [7, 11) is -3.80. The summed E-state index contributed by atoms with van der Waals surface area (Å²) in [6, 6.07) is 12.5. The number of carbonyl (C=O) groups is 1. The van der Waals surface area contributed by atoms with Crippen LogP contribution in [0.5, 0.6) is 5.75 Å². The van der Waals surface area contributed by atoms with Gasteiger partial charge in [0.05, 0.1) is 11.5 Å². The van der Waals surface area contributed by atoms with Crippen molar-refractivity contribution >= 4 is 21.6 Å². The average molecular weight is 391 g/mol. The van der Waals surface area contributed by atoms with Gasteiger partial charge in [0.2, 0.25) is 15.9 Å². The first-order valence-corrected chi connectivity index (χ1v) is 10.3. The number of anilines is 1. The largest absolute Gasteiger partial charge is 0.494 e. The second-order valence-corrected chi connectivity index (χ2v) is 8.32. The minimum Gasteiger partial charge on any atom is -0.494 e. The Morgan fingerprint density at radius 3 is 2.15 bits per heavy atom. The van der Waals surface area contributed by atoms with E-state index in [0.717, 1.165) is 5.56 Å². The van der Waals surface area contributed by atoms with Crippen LogP contribution >= 0.6 is 0 Å². The molecule has 146 valence electrons. The summed E-state index contributed by atoms with van der Waals surface area (Å²) in [6.45, 7) is 7.91. The van der Waals surface area contributed by atoms with Gasteiger partial charge in [-0.05, 0) is 56.2 Å². The quantitative estimate of drug-likeness (QED) is 0.724. The van der Waals surface area contributed by atoms with Gasteiger partial charge >= 0.3 is 0 Å². The summed E-state index contributed by atoms with van der Waals surface area (Å²) in [5.74, 6) is 0.0637. The molecule has 7 heteroatoms. The number of hydrogen-bond donors (Lipinski definition) is 2. The first-order chi connectivity index (χ1) is 12.7.